The average Bonchev–Trinajstić information content (AvgIpc) is 2.38. The van der Waals surface area contributed by atoms with Crippen LogP contribution in [0.2, 0.25) is 0 Å². The molecule has 0 bridgehead atoms. The molecule has 0 radical (unpaired) electrons. The highest BCUT2D eigenvalue weighted by atomic mass is 16.5. The number of esters is 1. The van der Waals surface area contributed by atoms with Crippen LogP contribution < -0.4 is 10.5 Å². The molecule has 0 atom stereocenters. The van der Waals surface area contributed by atoms with Crippen molar-refractivity contribution >= 4 is 5.97 Å². The molecule has 96 valence electrons. The van der Waals surface area contributed by atoms with E-state index in [1.807, 2.05) is 0 Å². The third-order valence-corrected chi connectivity index (χ3v) is 2.55. The number of carbonyl (C=O) groups is 1. The second kappa shape index (κ2) is 6.62. The molecule has 18 heavy (non-hydrogen) atoms. The van der Waals surface area contributed by atoms with E-state index < -0.39 is 0 Å². The van der Waals surface area contributed by atoms with E-state index in [1.54, 1.807) is 19.1 Å². The molecule has 1 aromatic carbocycles. The van der Waals surface area contributed by atoms with Crippen molar-refractivity contribution in [1.29, 1.82) is 5.26 Å². The number of nitriles is 1. The van der Waals surface area contributed by atoms with Gasteiger partial charge in [-0.3, -0.25) is 4.79 Å². The molecule has 5 heteroatoms. The van der Waals surface area contributed by atoms with E-state index in [9.17, 15) is 4.79 Å². The molecule has 2 N–H and O–H groups in total. The Balaban J connectivity index is 3.14. The van der Waals surface area contributed by atoms with E-state index in [0.717, 1.165) is 0 Å². The fraction of sp³-hybridized carbons (Fsp3) is 0.385. The van der Waals surface area contributed by atoms with Crippen molar-refractivity contribution < 1.29 is 14.3 Å². The molecule has 5 nitrogen and oxygen atoms in total. The summed E-state index contributed by atoms with van der Waals surface area (Å²) >= 11 is 0. The molecule has 0 aliphatic carbocycles. The van der Waals surface area contributed by atoms with Gasteiger partial charge in [-0.15, -0.1) is 0 Å². The van der Waals surface area contributed by atoms with Crippen LogP contribution in [0.5, 0.6) is 5.75 Å². The first-order chi connectivity index (χ1) is 8.67. The van der Waals surface area contributed by atoms with Gasteiger partial charge in [-0.2, -0.15) is 5.26 Å². The molecule has 0 fully saturated rings. The van der Waals surface area contributed by atoms with Crippen LogP contribution >= 0.6 is 0 Å². The predicted molar refractivity (Wildman–Crippen MR) is 65.9 cm³/mol. The highest BCUT2D eigenvalue weighted by Gasteiger charge is 2.15. The topological polar surface area (TPSA) is 85.3 Å². The highest BCUT2D eigenvalue weighted by molar-refractivity contribution is 5.74. The summed E-state index contributed by atoms with van der Waals surface area (Å²) in [5.41, 5.74) is 7.35. The fourth-order valence-corrected chi connectivity index (χ4v) is 1.73. The first-order valence-electron chi connectivity index (χ1n) is 5.62. The second-order valence-electron chi connectivity index (χ2n) is 3.58. The summed E-state index contributed by atoms with van der Waals surface area (Å²) in [6.45, 7) is 2.25. The van der Waals surface area contributed by atoms with E-state index in [0.29, 0.717) is 29.0 Å². The molecule has 0 amide bonds. The van der Waals surface area contributed by atoms with Crippen molar-refractivity contribution in [2.75, 3.05) is 13.7 Å². The third kappa shape index (κ3) is 2.99. The summed E-state index contributed by atoms with van der Waals surface area (Å²) in [5.74, 6) is 0.131. The molecule has 0 saturated carbocycles. The summed E-state index contributed by atoms with van der Waals surface area (Å²) in [5, 5.41) is 9.12. The van der Waals surface area contributed by atoms with Crippen LogP contribution in [0.3, 0.4) is 0 Å². The number of hydrogen-bond acceptors (Lipinski definition) is 5. The van der Waals surface area contributed by atoms with Crippen LogP contribution in [0, 0.1) is 11.3 Å². The Kier molecular flexibility index (Phi) is 5.15. The fourth-order valence-electron chi connectivity index (χ4n) is 1.73. The van der Waals surface area contributed by atoms with Gasteiger partial charge < -0.3 is 15.2 Å². The van der Waals surface area contributed by atoms with E-state index in [4.69, 9.17) is 20.5 Å². The minimum atomic E-state index is -0.332. The van der Waals surface area contributed by atoms with Gasteiger partial charge in [0.25, 0.3) is 0 Å². The molecule has 1 rings (SSSR count). The minimum absolute atomic E-state index is 0.110. The molecule has 0 saturated heterocycles. The van der Waals surface area contributed by atoms with E-state index in [-0.39, 0.29) is 18.9 Å². The number of carbonyl (C=O) groups excluding carboxylic acids is 1. The van der Waals surface area contributed by atoms with Crippen molar-refractivity contribution in [2.24, 2.45) is 5.73 Å². The van der Waals surface area contributed by atoms with Crippen LogP contribution in [0.15, 0.2) is 12.1 Å². The summed E-state index contributed by atoms with van der Waals surface area (Å²) in [7, 11) is 1.49. The number of benzene rings is 1. The Bertz CT molecular complexity index is 478. The van der Waals surface area contributed by atoms with Gasteiger partial charge in [-0.1, -0.05) is 6.07 Å². The van der Waals surface area contributed by atoms with Crippen molar-refractivity contribution in [2.45, 2.75) is 19.9 Å². The maximum atomic E-state index is 11.5. The van der Waals surface area contributed by atoms with Crippen molar-refractivity contribution in [3.05, 3.63) is 28.8 Å². The highest BCUT2D eigenvalue weighted by Crippen LogP contribution is 2.25. The Morgan fingerprint density at radius 3 is 2.72 bits per heavy atom. The molecule has 0 aromatic heterocycles. The molecule has 1 aromatic rings. The lowest BCUT2D eigenvalue weighted by Crippen LogP contribution is -2.12. The van der Waals surface area contributed by atoms with Crippen LogP contribution in [0.4, 0.5) is 0 Å². The smallest absolute Gasteiger partial charge is 0.310 e. The lowest BCUT2D eigenvalue weighted by atomic mass is 9.98. The molecule has 0 heterocycles. The lowest BCUT2D eigenvalue weighted by molar-refractivity contribution is -0.142. The van der Waals surface area contributed by atoms with Crippen LogP contribution in [0.1, 0.15) is 23.6 Å². The Morgan fingerprint density at radius 1 is 1.50 bits per heavy atom. The van der Waals surface area contributed by atoms with Crippen LogP contribution in [-0.2, 0) is 22.5 Å². The Hall–Kier alpha value is -2.06. The number of ether oxygens (including phenoxy) is 2. The number of hydrogen-bond donors (Lipinski definition) is 1. The van der Waals surface area contributed by atoms with Gasteiger partial charge in [0.05, 0.1) is 25.7 Å². The van der Waals surface area contributed by atoms with Gasteiger partial charge in [-0.25, -0.2) is 0 Å². The standard InChI is InChI=1S/C13H16N2O3/c1-3-18-13(16)6-9-4-5-12(17-2)11(8-15)10(9)7-14/h4-5H,3,6-7,14H2,1-2H3. The van der Waals surface area contributed by atoms with Gasteiger partial charge in [-0.05, 0) is 24.1 Å². The summed E-state index contributed by atoms with van der Waals surface area (Å²) < 4.78 is 9.97. The molecule has 0 aliphatic heterocycles. The molecular formula is C13H16N2O3. The molecule has 0 spiro atoms. The van der Waals surface area contributed by atoms with Gasteiger partial charge in [0.15, 0.2) is 0 Å². The van der Waals surface area contributed by atoms with E-state index >= 15 is 0 Å². The number of nitrogens with zero attached hydrogens (tertiary/aromatic N) is 1. The minimum Gasteiger partial charge on any atom is -0.495 e. The van der Waals surface area contributed by atoms with Gasteiger partial charge in [0.1, 0.15) is 11.8 Å². The molecular weight excluding hydrogens is 232 g/mol. The number of nitrogens with two attached hydrogens (primary N) is 1. The van der Waals surface area contributed by atoms with Gasteiger partial charge >= 0.3 is 5.97 Å². The predicted octanol–water partition coefficient (Wildman–Crippen LogP) is 1.13. The Labute approximate surface area is 106 Å². The molecule has 0 aliphatic rings. The third-order valence-electron chi connectivity index (χ3n) is 2.55. The van der Waals surface area contributed by atoms with Gasteiger partial charge in [0, 0.05) is 6.54 Å². The monoisotopic (exact) mass is 248 g/mol. The van der Waals surface area contributed by atoms with Crippen LogP contribution in [-0.4, -0.2) is 19.7 Å². The largest absolute Gasteiger partial charge is 0.495 e. The van der Waals surface area contributed by atoms with Crippen LogP contribution in [0.25, 0.3) is 0 Å². The lowest BCUT2D eigenvalue weighted by Gasteiger charge is -2.12. The summed E-state index contributed by atoms with van der Waals surface area (Å²) in [6, 6.07) is 5.45. The van der Waals surface area contributed by atoms with E-state index in [1.165, 1.54) is 7.11 Å². The number of rotatable bonds is 5. The number of methoxy groups -OCH3 is 1. The van der Waals surface area contributed by atoms with Crippen molar-refractivity contribution in [3.8, 4) is 11.8 Å². The summed E-state index contributed by atoms with van der Waals surface area (Å²) in [6.07, 6.45) is 0.110. The SMILES string of the molecule is CCOC(=O)Cc1ccc(OC)c(C#N)c1CN. The zero-order chi connectivity index (χ0) is 13.5. The quantitative estimate of drug-likeness (QED) is 0.789. The van der Waals surface area contributed by atoms with Gasteiger partial charge in [0.2, 0.25) is 0 Å². The Morgan fingerprint density at radius 2 is 2.22 bits per heavy atom. The zero-order valence-electron chi connectivity index (χ0n) is 10.5. The first kappa shape index (κ1) is 14.0. The van der Waals surface area contributed by atoms with Crippen molar-refractivity contribution in [3.63, 3.8) is 0 Å². The maximum absolute atomic E-state index is 11.5. The maximum Gasteiger partial charge on any atom is 0.310 e. The van der Waals surface area contributed by atoms with Crippen molar-refractivity contribution in [1.82, 2.24) is 0 Å². The average molecular weight is 248 g/mol. The zero-order valence-corrected chi connectivity index (χ0v) is 10.5. The first-order valence-corrected chi connectivity index (χ1v) is 5.62. The van der Waals surface area contributed by atoms with E-state index in [2.05, 4.69) is 6.07 Å². The molecule has 0 unspecified atom stereocenters. The summed E-state index contributed by atoms with van der Waals surface area (Å²) in [4.78, 5) is 11.5. The second-order valence-corrected chi connectivity index (χ2v) is 3.58. The normalized spacial score (nSPS) is 9.67.